The van der Waals surface area contributed by atoms with Gasteiger partial charge in [0.25, 0.3) is 0 Å². The van der Waals surface area contributed by atoms with Crippen LogP contribution in [0, 0.1) is 0 Å². The van der Waals surface area contributed by atoms with E-state index in [9.17, 15) is 23.1 Å². The summed E-state index contributed by atoms with van der Waals surface area (Å²) >= 11 is 0. The number of nitrogens with zero attached hydrogens (tertiary/aromatic N) is 1. The number of aromatic hydroxyl groups is 1. The fourth-order valence-corrected chi connectivity index (χ4v) is 1.11. The van der Waals surface area contributed by atoms with Crippen LogP contribution in [0.4, 0.5) is 13.2 Å². The number of hydrogen-bond donors (Lipinski definition) is 1. The predicted molar refractivity (Wildman–Crippen MR) is 50.5 cm³/mol. The third kappa shape index (κ3) is 2.93. The standard InChI is InChI=1S/C9H8F3NO5/c1-16-7-4(18-9(10,11)12)3-13-5(6(7)14)8(15)17-2/h3,14H,1-2H3. The van der Waals surface area contributed by atoms with Crippen molar-refractivity contribution in [2.24, 2.45) is 0 Å². The highest BCUT2D eigenvalue weighted by molar-refractivity contribution is 5.91. The summed E-state index contributed by atoms with van der Waals surface area (Å²) in [5, 5.41) is 9.53. The van der Waals surface area contributed by atoms with Crippen molar-refractivity contribution in [2.45, 2.75) is 6.36 Å². The Morgan fingerprint density at radius 3 is 2.44 bits per heavy atom. The molecule has 1 N–H and O–H groups in total. The van der Waals surface area contributed by atoms with Crippen molar-refractivity contribution in [3.05, 3.63) is 11.9 Å². The van der Waals surface area contributed by atoms with E-state index in [2.05, 4.69) is 19.2 Å². The maximum atomic E-state index is 12.0. The highest BCUT2D eigenvalue weighted by Gasteiger charge is 2.34. The van der Waals surface area contributed by atoms with Gasteiger partial charge in [0.05, 0.1) is 20.4 Å². The molecule has 100 valence electrons. The molecular formula is C9H8F3NO5. The van der Waals surface area contributed by atoms with Gasteiger partial charge >= 0.3 is 12.3 Å². The molecule has 0 bridgehead atoms. The molecule has 0 unspecified atom stereocenters. The van der Waals surface area contributed by atoms with Crippen molar-refractivity contribution >= 4 is 5.97 Å². The van der Waals surface area contributed by atoms with Gasteiger partial charge < -0.3 is 19.3 Å². The Bertz CT molecular complexity index is 460. The molecule has 1 aromatic rings. The minimum atomic E-state index is -4.98. The molecule has 1 rings (SSSR count). The maximum Gasteiger partial charge on any atom is 0.573 e. The van der Waals surface area contributed by atoms with Crippen molar-refractivity contribution in [3.8, 4) is 17.2 Å². The number of alkyl halides is 3. The summed E-state index contributed by atoms with van der Waals surface area (Å²) in [6.07, 6.45) is -4.38. The molecule has 0 aliphatic rings. The molecular weight excluding hydrogens is 259 g/mol. The third-order valence-electron chi connectivity index (χ3n) is 1.78. The van der Waals surface area contributed by atoms with Gasteiger partial charge in [-0.25, -0.2) is 9.78 Å². The number of aromatic nitrogens is 1. The van der Waals surface area contributed by atoms with Crippen LogP contribution in [0.3, 0.4) is 0 Å². The molecule has 0 aromatic carbocycles. The summed E-state index contributed by atoms with van der Waals surface area (Å²) in [6.45, 7) is 0. The van der Waals surface area contributed by atoms with Gasteiger partial charge in [0.1, 0.15) is 0 Å². The van der Waals surface area contributed by atoms with Crippen LogP contribution in [0.1, 0.15) is 10.5 Å². The third-order valence-corrected chi connectivity index (χ3v) is 1.78. The lowest BCUT2D eigenvalue weighted by molar-refractivity contribution is -0.275. The number of halogens is 3. The lowest BCUT2D eigenvalue weighted by atomic mass is 10.3. The summed E-state index contributed by atoms with van der Waals surface area (Å²) in [6, 6.07) is 0. The highest BCUT2D eigenvalue weighted by atomic mass is 19.4. The molecule has 0 fully saturated rings. The monoisotopic (exact) mass is 267 g/mol. The molecule has 0 spiro atoms. The van der Waals surface area contributed by atoms with Crippen LogP contribution in [0.2, 0.25) is 0 Å². The van der Waals surface area contributed by atoms with Gasteiger partial charge in [-0.1, -0.05) is 0 Å². The highest BCUT2D eigenvalue weighted by Crippen LogP contribution is 2.40. The molecule has 1 aromatic heterocycles. The Morgan fingerprint density at radius 1 is 1.39 bits per heavy atom. The Hall–Kier alpha value is -2.19. The Balaban J connectivity index is 3.25. The molecule has 6 nitrogen and oxygen atoms in total. The van der Waals surface area contributed by atoms with Crippen LogP contribution in [0.25, 0.3) is 0 Å². The smallest absolute Gasteiger partial charge is 0.502 e. The zero-order valence-electron chi connectivity index (χ0n) is 9.24. The zero-order valence-corrected chi connectivity index (χ0v) is 9.24. The van der Waals surface area contributed by atoms with Gasteiger partial charge in [0.15, 0.2) is 17.2 Å². The van der Waals surface area contributed by atoms with E-state index in [1.807, 2.05) is 0 Å². The second-order valence-electron chi connectivity index (χ2n) is 2.89. The number of ether oxygens (including phenoxy) is 3. The molecule has 1 heterocycles. The van der Waals surface area contributed by atoms with Crippen LogP contribution in [-0.2, 0) is 4.74 Å². The predicted octanol–water partition coefficient (Wildman–Crippen LogP) is 1.48. The van der Waals surface area contributed by atoms with Crippen molar-refractivity contribution in [1.82, 2.24) is 4.98 Å². The Labute approximate surface area is 98.9 Å². The van der Waals surface area contributed by atoms with E-state index in [0.29, 0.717) is 6.20 Å². The number of carbonyl (C=O) groups is 1. The second-order valence-corrected chi connectivity index (χ2v) is 2.89. The van der Waals surface area contributed by atoms with Crippen molar-refractivity contribution in [2.75, 3.05) is 14.2 Å². The Morgan fingerprint density at radius 2 is 2.00 bits per heavy atom. The maximum absolute atomic E-state index is 12.0. The van der Waals surface area contributed by atoms with Crippen LogP contribution >= 0.6 is 0 Å². The summed E-state index contributed by atoms with van der Waals surface area (Å²) in [5.41, 5.74) is -0.580. The first-order valence-electron chi connectivity index (χ1n) is 4.40. The van der Waals surface area contributed by atoms with E-state index in [0.717, 1.165) is 14.2 Å². The average molecular weight is 267 g/mol. The number of carbonyl (C=O) groups excluding carboxylic acids is 1. The van der Waals surface area contributed by atoms with Crippen molar-refractivity contribution in [3.63, 3.8) is 0 Å². The Kier molecular flexibility index (Phi) is 3.84. The van der Waals surface area contributed by atoms with Gasteiger partial charge in [-0.2, -0.15) is 0 Å². The number of methoxy groups -OCH3 is 2. The number of pyridine rings is 1. The second kappa shape index (κ2) is 4.98. The lowest BCUT2D eigenvalue weighted by Crippen LogP contribution is -2.18. The molecule has 0 saturated carbocycles. The van der Waals surface area contributed by atoms with Crippen molar-refractivity contribution < 1.29 is 37.3 Å². The van der Waals surface area contributed by atoms with Crippen LogP contribution in [-0.4, -0.2) is 36.6 Å². The molecule has 0 atom stereocenters. The quantitative estimate of drug-likeness (QED) is 0.836. The molecule has 9 heteroatoms. The van der Waals surface area contributed by atoms with E-state index in [1.54, 1.807) is 0 Å². The molecule has 0 aliphatic carbocycles. The largest absolute Gasteiger partial charge is 0.573 e. The molecule has 0 saturated heterocycles. The van der Waals surface area contributed by atoms with E-state index < -0.39 is 35.3 Å². The summed E-state index contributed by atoms with van der Waals surface area (Å²) in [5.74, 6) is -3.45. The van der Waals surface area contributed by atoms with Gasteiger partial charge in [0, 0.05) is 0 Å². The van der Waals surface area contributed by atoms with E-state index in [-0.39, 0.29) is 0 Å². The summed E-state index contributed by atoms with van der Waals surface area (Å²) in [4.78, 5) is 14.4. The molecule has 0 radical (unpaired) electrons. The average Bonchev–Trinajstić information content (AvgIpc) is 2.26. The van der Waals surface area contributed by atoms with Gasteiger partial charge in [-0.05, 0) is 0 Å². The van der Waals surface area contributed by atoms with E-state index >= 15 is 0 Å². The molecule has 0 amide bonds. The van der Waals surface area contributed by atoms with Crippen LogP contribution in [0.15, 0.2) is 6.20 Å². The minimum absolute atomic E-state index is 0.580. The minimum Gasteiger partial charge on any atom is -0.502 e. The SMILES string of the molecule is COC(=O)c1ncc(OC(F)(F)F)c(OC)c1O. The molecule has 0 aliphatic heterocycles. The van der Waals surface area contributed by atoms with Gasteiger partial charge in [0.2, 0.25) is 5.75 Å². The normalized spacial score (nSPS) is 10.9. The topological polar surface area (TPSA) is 77.9 Å². The number of hydrogen-bond acceptors (Lipinski definition) is 6. The van der Waals surface area contributed by atoms with Gasteiger partial charge in [-0.15, -0.1) is 13.2 Å². The summed E-state index contributed by atoms with van der Waals surface area (Å²) < 4.78 is 48.5. The van der Waals surface area contributed by atoms with Crippen LogP contribution in [0.5, 0.6) is 17.2 Å². The zero-order chi connectivity index (χ0) is 13.9. The van der Waals surface area contributed by atoms with Crippen LogP contribution < -0.4 is 9.47 Å². The fourth-order valence-electron chi connectivity index (χ4n) is 1.11. The van der Waals surface area contributed by atoms with Crippen molar-refractivity contribution in [1.29, 1.82) is 0 Å². The van der Waals surface area contributed by atoms with Gasteiger partial charge in [-0.3, -0.25) is 0 Å². The van der Waals surface area contributed by atoms with E-state index in [1.165, 1.54) is 0 Å². The molecule has 18 heavy (non-hydrogen) atoms. The lowest BCUT2D eigenvalue weighted by Gasteiger charge is -2.14. The fraction of sp³-hybridized carbons (Fsp3) is 0.333. The summed E-state index contributed by atoms with van der Waals surface area (Å²) in [7, 11) is 2.02. The first-order valence-corrected chi connectivity index (χ1v) is 4.40. The number of esters is 1. The van der Waals surface area contributed by atoms with E-state index in [4.69, 9.17) is 0 Å². The first kappa shape index (κ1) is 13.9. The first-order chi connectivity index (χ1) is 8.30. The number of rotatable bonds is 3.